The number of rotatable bonds is 4. The summed E-state index contributed by atoms with van der Waals surface area (Å²) in [5, 5.41) is 0. The maximum Gasteiger partial charge on any atom is 0.155 e. The standard InChI is InChI=1S/C28H44O/c1-18(2)19(3)7-8-20(4)24-11-12-25-23-10-9-21-17-22(29)13-15-27(21,5)26(23)14-16-28(24,25)6/h7-8,17-20,23-26H,9-16H2,1-6H3/t19-,20-,23+,24-,25+,26+,27+,28-/m1/s1. The van der Waals surface area contributed by atoms with Crippen LogP contribution in [0.2, 0.25) is 0 Å². The lowest BCUT2D eigenvalue weighted by atomic mass is 9.46. The van der Waals surface area contributed by atoms with Crippen LogP contribution in [0, 0.1) is 52.3 Å². The second-order valence-electron chi connectivity index (χ2n) is 12.0. The molecule has 29 heavy (non-hydrogen) atoms. The van der Waals surface area contributed by atoms with Gasteiger partial charge in [-0.05, 0) is 103 Å². The Morgan fingerprint density at radius 2 is 1.69 bits per heavy atom. The van der Waals surface area contributed by atoms with Gasteiger partial charge in [-0.2, -0.15) is 0 Å². The van der Waals surface area contributed by atoms with Crippen molar-refractivity contribution >= 4 is 5.78 Å². The lowest BCUT2D eigenvalue weighted by Gasteiger charge is -2.58. The van der Waals surface area contributed by atoms with Gasteiger partial charge in [0.1, 0.15) is 0 Å². The molecular formula is C28H44O. The molecule has 0 aliphatic heterocycles. The summed E-state index contributed by atoms with van der Waals surface area (Å²) in [5.41, 5.74) is 2.34. The zero-order valence-corrected chi connectivity index (χ0v) is 19.8. The molecule has 3 fully saturated rings. The van der Waals surface area contributed by atoms with Gasteiger partial charge < -0.3 is 0 Å². The van der Waals surface area contributed by atoms with E-state index in [1.807, 2.05) is 6.08 Å². The van der Waals surface area contributed by atoms with Gasteiger partial charge in [0.05, 0.1) is 0 Å². The predicted molar refractivity (Wildman–Crippen MR) is 123 cm³/mol. The summed E-state index contributed by atoms with van der Waals surface area (Å²) in [4.78, 5) is 12.0. The lowest BCUT2D eigenvalue weighted by Crippen LogP contribution is -2.50. The van der Waals surface area contributed by atoms with Gasteiger partial charge in [-0.25, -0.2) is 0 Å². The molecule has 0 aromatic rings. The molecule has 1 nitrogen and oxygen atoms in total. The van der Waals surface area contributed by atoms with Crippen LogP contribution in [0.15, 0.2) is 23.8 Å². The quantitative estimate of drug-likeness (QED) is 0.447. The predicted octanol–water partition coefficient (Wildman–Crippen LogP) is 7.62. The molecule has 0 spiro atoms. The van der Waals surface area contributed by atoms with Crippen LogP contribution in [0.5, 0.6) is 0 Å². The monoisotopic (exact) mass is 396 g/mol. The molecule has 0 amide bonds. The number of hydrogen-bond donors (Lipinski definition) is 0. The molecule has 1 heteroatoms. The van der Waals surface area contributed by atoms with Gasteiger partial charge >= 0.3 is 0 Å². The van der Waals surface area contributed by atoms with E-state index in [-0.39, 0.29) is 0 Å². The zero-order chi connectivity index (χ0) is 21.0. The van der Waals surface area contributed by atoms with Crippen molar-refractivity contribution < 1.29 is 4.79 Å². The molecule has 0 aromatic heterocycles. The van der Waals surface area contributed by atoms with Gasteiger partial charge in [0.15, 0.2) is 5.78 Å². The average molecular weight is 397 g/mol. The van der Waals surface area contributed by atoms with Crippen LogP contribution in [0.4, 0.5) is 0 Å². The van der Waals surface area contributed by atoms with Gasteiger partial charge in [0, 0.05) is 6.42 Å². The summed E-state index contributed by atoms with van der Waals surface area (Å²) in [5.74, 6) is 5.95. The van der Waals surface area contributed by atoms with Gasteiger partial charge in [0.2, 0.25) is 0 Å². The van der Waals surface area contributed by atoms with Gasteiger partial charge in [0.25, 0.3) is 0 Å². The van der Waals surface area contributed by atoms with E-state index in [4.69, 9.17) is 0 Å². The minimum absolute atomic E-state index is 0.314. The van der Waals surface area contributed by atoms with Crippen molar-refractivity contribution in [2.75, 3.05) is 0 Å². The molecule has 0 aromatic carbocycles. The summed E-state index contributed by atoms with van der Waals surface area (Å²) in [7, 11) is 0. The number of carbonyl (C=O) groups is 1. The number of fused-ring (bicyclic) bond motifs is 5. The van der Waals surface area contributed by atoms with Crippen molar-refractivity contribution in [3.63, 3.8) is 0 Å². The molecule has 4 rings (SSSR count). The zero-order valence-electron chi connectivity index (χ0n) is 19.8. The molecule has 162 valence electrons. The Bertz CT molecular complexity index is 699. The first-order valence-electron chi connectivity index (χ1n) is 12.6. The van der Waals surface area contributed by atoms with E-state index in [0.29, 0.717) is 28.4 Å². The normalized spacial score (nSPS) is 44.2. The first kappa shape index (κ1) is 21.4. The van der Waals surface area contributed by atoms with Gasteiger partial charge in [-0.15, -0.1) is 0 Å². The summed E-state index contributed by atoms with van der Waals surface area (Å²) in [6.45, 7) is 14.7. The van der Waals surface area contributed by atoms with Crippen LogP contribution < -0.4 is 0 Å². The Morgan fingerprint density at radius 1 is 0.931 bits per heavy atom. The molecule has 3 saturated carbocycles. The van der Waals surface area contributed by atoms with Crippen molar-refractivity contribution in [1.29, 1.82) is 0 Å². The molecule has 0 bridgehead atoms. The van der Waals surface area contributed by atoms with Crippen LogP contribution in [0.1, 0.15) is 92.9 Å². The third kappa shape index (κ3) is 3.49. The Kier molecular flexibility index (Phi) is 5.67. The summed E-state index contributed by atoms with van der Waals surface area (Å²) < 4.78 is 0. The van der Waals surface area contributed by atoms with Crippen LogP contribution in [0.3, 0.4) is 0 Å². The van der Waals surface area contributed by atoms with E-state index in [1.165, 1.54) is 44.1 Å². The fourth-order valence-electron chi connectivity index (χ4n) is 8.17. The first-order valence-corrected chi connectivity index (χ1v) is 12.6. The van der Waals surface area contributed by atoms with E-state index >= 15 is 0 Å². The highest BCUT2D eigenvalue weighted by atomic mass is 16.1. The van der Waals surface area contributed by atoms with E-state index < -0.39 is 0 Å². The number of hydrogen-bond acceptors (Lipinski definition) is 1. The van der Waals surface area contributed by atoms with Crippen LogP contribution in [-0.4, -0.2) is 5.78 Å². The maximum absolute atomic E-state index is 12.0. The maximum atomic E-state index is 12.0. The van der Waals surface area contributed by atoms with E-state index in [9.17, 15) is 4.79 Å². The van der Waals surface area contributed by atoms with Crippen LogP contribution in [-0.2, 0) is 4.79 Å². The van der Waals surface area contributed by atoms with Crippen molar-refractivity contribution in [1.82, 2.24) is 0 Å². The number of ketones is 1. The largest absolute Gasteiger partial charge is 0.295 e. The van der Waals surface area contributed by atoms with Crippen molar-refractivity contribution in [2.45, 2.75) is 92.9 Å². The SMILES string of the molecule is CC(C)[C@H](C)C=C[C@@H](C)[C@H]1CC[C@H]2[C@@H]3CCC4=CC(=O)CC[C@]4(C)[C@H]3CC[C@]12C. The third-order valence-electron chi connectivity index (χ3n) is 10.4. The second kappa shape index (κ2) is 7.69. The highest BCUT2D eigenvalue weighted by molar-refractivity contribution is 5.91. The van der Waals surface area contributed by atoms with Crippen LogP contribution >= 0.6 is 0 Å². The Balaban J connectivity index is 1.53. The smallest absolute Gasteiger partial charge is 0.155 e. The van der Waals surface area contributed by atoms with Crippen LogP contribution in [0.25, 0.3) is 0 Å². The minimum Gasteiger partial charge on any atom is -0.295 e. The lowest BCUT2D eigenvalue weighted by molar-refractivity contribution is -0.117. The molecule has 4 aliphatic carbocycles. The van der Waals surface area contributed by atoms with Crippen molar-refractivity contribution in [2.24, 2.45) is 52.3 Å². The van der Waals surface area contributed by atoms with Gasteiger partial charge in [-0.1, -0.05) is 59.3 Å². The van der Waals surface area contributed by atoms with E-state index in [2.05, 4.69) is 53.7 Å². The fourth-order valence-corrected chi connectivity index (χ4v) is 8.17. The third-order valence-corrected chi connectivity index (χ3v) is 10.4. The average Bonchev–Trinajstić information content (AvgIpc) is 3.03. The number of allylic oxidation sites excluding steroid dienone is 3. The van der Waals surface area contributed by atoms with Crippen molar-refractivity contribution in [3.8, 4) is 0 Å². The Morgan fingerprint density at radius 3 is 2.41 bits per heavy atom. The van der Waals surface area contributed by atoms with E-state index in [1.54, 1.807) is 0 Å². The molecular weight excluding hydrogens is 352 g/mol. The summed E-state index contributed by atoms with van der Waals surface area (Å²) >= 11 is 0. The Hall–Kier alpha value is -0.850. The fraction of sp³-hybridized carbons (Fsp3) is 0.821. The molecule has 0 saturated heterocycles. The second-order valence-corrected chi connectivity index (χ2v) is 12.0. The molecule has 8 atom stereocenters. The minimum atomic E-state index is 0.314. The molecule has 0 N–H and O–H groups in total. The molecule has 4 aliphatic rings. The highest BCUT2D eigenvalue weighted by Gasteiger charge is 2.59. The van der Waals surface area contributed by atoms with Gasteiger partial charge in [-0.3, -0.25) is 4.79 Å². The highest BCUT2D eigenvalue weighted by Crippen LogP contribution is 2.67. The van der Waals surface area contributed by atoms with Crippen molar-refractivity contribution in [3.05, 3.63) is 23.8 Å². The Labute approximate surface area is 179 Å². The molecule has 0 unspecified atom stereocenters. The number of carbonyl (C=O) groups excluding carboxylic acids is 1. The molecule has 0 heterocycles. The summed E-state index contributed by atoms with van der Waals surface area (Å²) in [6.07, 6.45) is 17.2. The molecule has 0 radical (unpaired) electrons. The first-order chi connectivity index (χ1) is 13.7. The topological polar surface area (TPSA) is 17.1 Å². The van der Waals surface area contributed by atoms with E-state index in [0.717, 1.165) is 42.4 Å². The summed E-state index contributed by atoms with van der Waals surface area (Å²) in [6, 6.07) is 0.